The number of carbonyl (C=O) groups is 2. The summed E-state index contributed by atoms with van der Waals surface area (Å²) in [6.07, 6.45) is 0.759. The van der Waals surface area contributed by atoms with E-state index < -0.39 is 52.4 Å². The average molecular weight is 354 g/mol. The molecule has 23 heavy (non-hydrogen) atoms. The van der Waals surface area contributed by atoms with Crippen LogP contribution < -0.4 is 0 Å². The van der Waals surface area contributed by atoms with Crippen LogP contribution >= 0.6 is 0 Å². The molecule has 1 heterocycles. The molecule has 2 aliphatic carbocycles. The predicted octanol–water partition coefficient (Wildman–Crippen LogP) is 0.481. The number of ether oxygens (including phenoxy) is 2. The lowest BCUT2D eigenvalue weighted by molar-refractivity contribution is -0.172. The summed E-state index contributed by atoms with van der Waals surface area (Å²) in [5.74, 6) is -7.12. The van der Waals surface area contributed by atoms with Gasteiger partial charge in [0.1, 0.15) is 18.5 Å². The van der Waals surface area contributed by atoms with Gasteiger partial charge in [0.25, 0.3) is 10.1 Å². The second-order valence-corrected chi connectivity index (χ2v) is 7.93. The lowest BCUT2D eigenvalue weighted by Crippen LogP contribution is -2.38. The average Bonchev–Trinajstić information content (AvgIpc) is 3.02. The van der Waals surface area contributed by atoms with Gasteiger partial charge in [-0.05, 0) is 18.8 Å². The molecular formula is C13H16F2O7S. The van der Waals surface area contributed by atoms with Gasteiger partial charge in [0.15, 0.2) is 0 Å². The normalized spacial score (nSPS) is 36.9. The minimum atomic E-state index is -3.77. The predicted molar refractivity (Wildman–Crippen MR) is 69.8 cm³/mol. The van der Waals surface area contributed by atoms with Crippen molar-refractivity contribution in [1.29, 1.82) is 0 Å². The summed E-state index contributed by atoms with van der Waals surface area (Å²) < 4.78 is 63.2. The molecule has 0 radical (unpaired) electrons. The lowest BCUT2D eigenvalue weighted by Gasteiger charge is -2.23. The van der Waals surface area contributed by atoms with Crippen LogP contribution in [-0.4, -0.2) is 50.8 Å². The van der Waals surface area contributed by atoms with E-state index in [0.29, 0.717) is 19.8 Å². The molecular weight excluding hydrogens is 338 g/mol. The van der Waals surface area contributed by atoms with Gasteiger partial charge >= 0.3 is 17.9 Å². The van der Waals surface area contributed by atoms with E-state index >= 15 is 0 Å². The Bertz CT molecular complexity index is 625. The highest BCUT2D eigenvalue weighted by Gasteiger charge is 2.66. The largest absolute Gasteiger partial charge is 0.462 e. The molecule has 0 N–H and O–H groups in total. The number of fused-ring (bicyclic) bond motifs is 1. The van der Waals surface area contributed by atoms with Crippen LogP contribution in [0.15, 0.2) is 0 Å². The number of rotatable bonds is 5. The molecule has 2 bridgehead atoms. The van der Waals surface area contributed by atoms with Crippen molar-refractivity contribution in [1.82, 2.24) is 0 Å². The van der Waals surface area contributed by atoms with Gasteiger partial charge < -0.3 is 9.47 Å². The first-order valence-corrected chi connectivity index (χ1v) is 8.72. The Morgan fingerprint density at radius 1 is 1.22 bits per heavy atom. The minimum Gasteiger partial charge on any atom is -0.462 e. The summed E-state index contributed by atoms with van der Waals surface area (Å²) in [6.45, 7) is -0.505. The van der Waals surface area contributed by atoms with Crippen molar-refractivity contribution in [2.45, 2.75) is 37.0 Å². The zero-order valence-corrected chi connectivity index (χ0v) is 13.1. The monoisotopic (exact) mass is 354 g/mol. The molecule has 0 aromatic heterocycles. The first kappa shape index (κ1) is 16.6. The molecule has 5 unspecified atom stereocenters. The third kappa shape index (κ3) is 2.82. The second kappa shape index (κ2) is 5.37. The van der Waals surface area contributed by atoms with Gasteiger partial charge in [-0.2, -0.15) is 17.2 Å². The summed E-state index contributed by atoms with van der Waals surface area (Å²) in [4.78, 5) is 23.0. The van der Waals surface area contributed by atoms with Crippen LogP contribution in [-0.2, 0) is 33.4 Å². The van der Waals surface area contributed by atoms with Crippen molar-refractivity contribution in [3.05, 3.63) is 0 Å². The van der Waals surface area contributed by atoms with Gasteiger partial charge in [-0.1, -0.05) is 0 Å². The molecule has 1 saturated heterocycles. The van der Waals surface area contributed by atoms with Gasteiger partial charge in [0, 0.05) is 12.8 Å². The zero-order chi connectivity index (χ0) is 17.0. The Morgan fingerprint density at radius 3 is 2.52 bits per heavy atom. The van der Waals surface area contributed by atoms with E-state index in [4.69, 9.17) is 8.92 Å². The molecule has 5 atom stereocenters. The molecule has 3 aliphatic rings. The van der Waals surface area contributed by atoms with E-state index in [1.165, 1.54) is 0 Å². The van der Waals surface area contributed by atoms with E-state index in [9.17, 15) is 26.8 Å². The van der Waals surface area contributed by atoms with Gasteiger partial charge in [-0.3, -0.25) is 8.98 Å². The smallest absolute Gasteiger partial charge is 0.376 e. The SMILES string of the molecule is CC(F)(F)C(=O)OCCOC(=O)C1C2CC3OS(=O)(=O)C1C3C2. The molecule has 0 aromatic carbocycles. The Morgan fingerprint density at radius 2 is 1.87 bits per heavy atom. The first-order valence-electron chi connectivity index (χ1n) is 7.25. The summed E-state index contributed by atoms with van der Waals surface area (Å²) in [5, 5.41) is -0.888. The summed E-state index contributed by atoms with van der Waals surface area (Å²) in [7, 11) is -3.77. The number of hydrogen-bond acceptors (Lipinski definition) is 7. The topological polar surface area (TPSA) is 96.0 Å². The van der Waals surface area contributed by atoms with E-state index in [1.54, 1.807) is 0 Å². The molecule has 0 spiro atoms. The van der Waals surface area contributed by atoms with Crippen LogP contribution in [0.1, 0.15) is 19.8 Å². The van der Waals surface area contributed by atoms with E-state index in [2.05, 4.69) is 4.74 Å². The summed E-state index contributed by atoms with van der Waals surface area (Å²) in [5.41, 5.74) is 0. The fourth-order valence-electron chi connectivity index (χ4n) is 3.81. The number of halogens is 2. The van der Waals surface area contributed by atoms with E-state index in [-0.39, 0.29) is 17.9 Å². The molecule has 1 aliphatic heterocycles. The maximum absolute atomic E-state index is 12.6. The van der Waals surface area contributed by atoms with Crippen molar-refractivity contribution < 1.29 is 40.4 Å². The van der Waals surface area contributed by atoms with Gasteiger partial charge in [0.05, 0.1) is 12.0 Å². The Balaban J connectivity index is 1.53. The highest BCUT2D eigenvalue weighted by Crippen LogP contribution is 2.57. The van der Waals surface area contributed by atoms with Crippen LogP contribution in [0.5, 0.6) is 0 Å². The lowest BCUT2D eigenvalue weighted by atomic mass is 9.87. The minimum absolute atomic E-state index is 0.109. The number of hydrogen-bond donors (Lipinski definition) is 0. The third-order valence-electron chi connectivity index (χ3n) is 4.65. The van der Waals surface area contributed by atoms with Gasteiger partial charge in [0.2, 0.25) is 0 Å². The van der Waals surface area contributed by atoms with Crippen molar-refractivity contribution >= 4 is 22.1 Å². The highest BCUT2D eigenvalue weighted by atomic mass is 32.2. The Kier molecular flexibility index (Phi) is 3.87. The Hall–Kier alpha value is -1.29. The quantitative estimate of drug-likeness (QED) is 0.402. The fraction of sp³-hybridized carbons (Fsp3) is 0.846. The summed E-state index contributed by atoms with van der Waals surface area (Å²) >= 11 is 0. The second-order valence-electron chi connectivity index (χ2n) is 6.21. The molecule has 0 aromatic rings. The highest BCUT2D eigenvalue weighted by molar-refractivity contribution is 7.87. The molecule has 130 valence electrons. The van der Waals surface area contributed by atoms with Gasteiger partial charge in [-0.25, -0.2) is 4.79 Å². The number of carbonyl (C=O) groups excluding carboxylic acids is 2. The maximum atomic E-state index is 12.6. The third-order valence-corrected chi connectivity index (χ3v) is 6.48. The standard InChI is InChI=1S/C13H16F2O7S/c1-13(14,15)12(17)21-3-2-20-11(16)9-6-4-7-8(5-6)22-23(18,19)10(7)9/h6-10H,2-5H2,1H3. The van der Waals surface area contributed by atoms with Crippen LogP contribution in [0, 0.1) is 17.8 Å². The molecule has 0 amide bonds. The van der Waals surface area contributed by atoms with Crippen molar-refractivity contribution in [3.8, 4) is 0 Å². The summed E-state index contributed by atoms with van der Waals surface area (Å²) in [6, 6.07) is 0. The van der Waals surface area contributed by atoms with Gasteiger partial charge in [-0.15, -0.1) is 0 Å². The fourth-order valence-corrected chi connectivity index (χ4v) is 5.91. The molecule has 3 fully saturated rings. The Labute approximate surface area is 131 Å². The van der Waals surface area contributed by atoms with Crippen molar-refractivity contribution in [3.63, 3.8) is 0 Å². The molecule has 7 nitrogen and oxygen atoms in total. The zero-order valence-electron chi connectivity index (χ0n) is 12.2. The van der Waals surface area contributed by atoms with Crippen LogP contribution in [0.2, 0.25) is 0 Å². The van der Waals surface area contributed by atoms with Crippen LogP contribution in [0.4, 0.5) is 8.78 Å². The van der Waals surface area contributed by atoms with Crippen molar-refractivity contribution in [2.75, 3.05) is 13.2 Å². The first-order chi connectivity index (χ1) is 10.6. The molecule has 10 heteroatoms. The number of esters is 2. The molecule has 3 rings (SSSR count). The van der Waals surface area contributed by atoms with E-state index in [0.717, 1.165) is 0 Å². The van der Waals surface area contributed by atoms with E-state index in [1.807, 2.05) is 0 Å². The van der Waals surface area contributed by atoms with Crippen LogP contribution in [0.25, 0.3) is 0 Å². The van der Waals surface area contributed by atoms with Crippen molar-refractivity contribution in [2.24, 2.45) is 17.8 Å². The number of alkyl halides is 2. The maximum Gasteiger partial charge on any atom is 0.376 e. The molecule has 2 saturated carbocycles. The van der Waals surface area contributed by atoms with Crippen LogP contribution in [0.3, 0.4) is 0 Å².